The number of hydrogen-bond donors (Lipinski definition) is 1. The van der Waals surface area contributed by atoms with Gasteiger partial charge in [0.25, 0.3) is 0 Å². The third-order valence-electron chi connectivity index (χ3n) is 3.85. The summed E-state index contributed by atoms with van der Waals surface area (Å²) >= 11 is 0. The molecule has 1 aliphatic heterocycles. The Morgan fingerprint density at radius 1 is 1.14 bits per heavy atom. The van der Waals surface area contributed by atoms with E-state index in [0.29, 0.717) is 30.1 Å². The van der Waals surface area contributed by atoms with Crippen LogP contribution in [0, 0.1) is 0 Å². The summed E-state index contributed by atoms with van der Waals surface area (Å²) in [6, 6.07) is 6.44. The Labute approximate surface area is 132 Å². The van der Waals surface area contributed by atoms with E-state index < -0.39 is 10.0 Å². The smallest absolute Gasteiger partial charge is 0.243 e. The summed E-state index contributed by atoms with van der Waals surface area (Å²) in [7, 11) is -3.40. The summed E-state index contributed by atoms with van der Waals surface area (Å²) < 4.78 is 26.5. The second kappa shape index (κ2) is 7.74. The Morgan fingerprint density at radius 2 is 1.77 bits per heavy atom. The number of amides is 1. The number of sulfonamides is 1. The molecule has 22 heavy (non-hydrogen) atoms. The molecule has 1 saturated heterocycles. The maximum absolute atomic E-state index is 12.5. The molecule has 122 valence electrons. The summed E-state index contributed by atoms with van der Waals surface area (Å²) in [6.07, 6.45) is 5.25. The van der Waals surface area contributed by atoms with Crippen molar-refractivity contribution in [2.24, 2.45) is 0 Å². The van der Waals surface area contributed by atoms with Gasteiger partial charge in [0.2, 0.25) is 15.9 Å². The summed E-state index contributed by atoms with van der Waals surface area (Å²) in [6.45, 7) is 3.23. The van der Waals surface area contributed by atoms with Gasteiger partial charge in [-0.05, 0) is 43.5 Å². The molecular formula is C16H24N2O3S. The molecule has 0 saturated carbocycles. The minimum Gasteiger partial charge on any atom is -0.326 e. The molecule has 6 heteroatoms. The molecule has 0 spiro atoms. The van der Waals surface area contributed by atoms with Crippen LogP contribution in [0.4, 0.5) is 5.69 Å². The average molecular weight is 324 g/mol. The molecule has 0 aromatic heterocycles. The van der Waals surface area contributed by atoms with Gasteiger partial charge >= 0.3 is 0 Å². The molecule has 2 rings (SSSR count). The molecule has 1 amide bonds. The van der Waals surface area contributed by atoms with E-state index in [1.807, 2.05) is 6.92 Å². The fraction of sp³-hybridized carbons (Fsp3) is 0.562. The van der Waals surface area contributed by atoms with Crippen LogP contribution in [-0.4, -0.2) is 31.7 Å². The number of nitrogens with one attached hydrogen (secondary N) is 1. The predicted molar refractivity (Wildman–Crippen MR) is 87.2 cm³/mol. The Kier molecular flexibility index (Phi) is 5.97. The first kappa shape index (κ1) is 17.0. The van der Waals surface area contributed by atoms with E-state index in [0.717, 1.165) is 32.1 Å². The highest BCUT2D eigenvalue weighted by Gasteiger charge is 2.25. The van der Waals surface area contributed by atoms with Crippen molar-refractivity contribution in [1.29, 1.82) is 0 Å². The normalized spacial score (nSPS) is 16.4. The largest absolute Gasteiger partial charge is 0.326 e. The third kappa shape index (κ3) is 4.30. The lowest BCUT2D eigenvalue weighted by atomic mass is 10.2. The number of carbonyl (C=O) groups is 1. The lowest BCUT2D eigenvalue weighted by molar-refractivity contribution is -0.116. The van der Waals surface area contributed by atoms with Crippen molar-refractivity contribution in [3.8, 4) is 0 Å². The molecule has 0 unspecified atom stereocenters. The number of piperidine rings is 1. The predicted octanol–water partition coefficient (Wildman–Crippen LogP) is 2.99. The van der Waals surface area contributed by atoms with Gasteiger partial charge in [-0.3, -0.25) is 4.79 Å². The number of hydrogen-bond acceptors (Lipinski definition) is 3. The Bertz CT molecular complexity index is 590. The van der Waals surface area contributed by atoms with E-state index in [1.165, 1.54) is 0 Å². The standard InChI is InChI=1S/C16H24N2O3S/c1-2-3-7-16(19)17-14-8-10-15(11-9-14)22(20,21)18-12-5-4-6-13-18/h8-11H,2-7,12-13H2,1H3,(H,17,19). The number of nitrogens with zero attached hydrogens (tertiary/aromatic N) is 1. The van der Waals surface area contributed by atoms with E-state index >= 15 is 0 Å². The van der Waals surface area contributed by atoms with Crippen LogP contribution in [0.2, 0.25) is 0 Å². The van der Waals surface area contributed by atoms with E-state index in [9.17, 15) is 13.2 Å². The zero-order chi connectivity index (χ0) is 16.0. The summed E-state index contributed by atoms with van der Waals surface area (Å²) in [5, 5.41) is 2.79. The fourth-order valence-corrected chi connectivity index (χ4v) is 4.04. The summed E-state index contributed by atoms with van der Waals surface area (Å²) in [5.41, 5.74) is 0.638. The lowest BCUT2D eigenvalue weighted by Crippen LogP contribution is -2.35. The second-order valence-electron chi connectivity index (χ2n) is 5.64. The number of unbranched alkanes of at least 4 members (excludes halogenated alkanes) is 1. The number of anilines is 1. The number of benzene rings is 1. The number of rotatable bonds is 6. The highest BCUT2D eigenvalue weighted by atomic mass is 32.2. The highest BCUT2D eigenvalue weighted by molar-refractivity contribution is 7.89. The second-order valence-corrected chi connectivity index (χ2v) is 7.58. The van der Waals surface area contributed by atoms with Crippen LogP contribution in [0.25, 0.3) is 0 Å². The van der Waals surface area contributed by atoms with Gasteiger partial charge in [0.15, 0.2) is 0 Å². The quantitative estimate of drug-likeness (QED) is 0.875. The number of carbonyl (C=O) groups excluding carboxylic acids is 1. The maximum atomic E-state index is 12.5. The van der Waals surface area contributed by atoms with E-state index in [2.05, 4.69) is 5.32 Å². The molecule has 0 bridgehead atoms. The average Bonchev–Trinajstić information content (AvgIpc) is 2.54. The first-order chi connectivity index (χ1) is 10.5. The third-order valence-corrected chi connectivity index (χ3v) is 5.76. The highest BCUT2D eigenvalue weighted by Crippen LogP contribution is 2.22. The SMILES string of the molecule is CCCCC(=O)Nc1ccc(S(=O)(=O)N2CCCCC2)cc1. The summed E-state index contributed by atoms with van der Waals surface area (Å²) in [5.74, 6) is -0.0338. The van der Waals surface area contributed by atoms with Crippen LogP contribution in [0.15, 0.2) is 29.2 Å². The Balaban J connectivity index is 2.03. The molecule has 5 nitrogen and oxygen atoms in total. The molecule has 1 aliphatic rings. The molecule has 1 heterocycles. The van der Waals surface area contributed by atoms with Gasteiger partial charge in [-0.15, -0.1) is 0 Å². The van der Waals surface area contributed by atoms with Crippen molar-refractivity contribution >= 4 is 21.6 Å². The van der Waals surface area contributed by atoms with Gasteiger partial charge in [-0.25, -0.2) is 8.42 Å². The molecule has 1 N–H and O–H groups in total. The fourth-order valence-electron chi connectivity index (χ4n) is 2.53. The molecular weight excluding hydrogens is 300 g/mol. The maximum Gasteiger partial charge on any atom is 0.243 e. The van der Waals surface area contributed by atoms with Gasteiger partial charge in [-0.2, -0.15) is 4.31 Å². The van der Waals surface area contributed by atoms with Crippen molar-refractivity contribution in [3.63, 3.8) is 0 Å². The van der Waals surface area contributed by atoms with Crippen LogP contribution in [0.3, 0.4) is 0 Å². The van der Waals surface area contributed by atoms with E-state index in [4.69, 9.17) is 0 Å². The van der Waals surface area contributed by atoms with Gasteiger partial charge < -0.3 is 5.32 Å². The van der Waals surface area contributed by atoms with Gasteiger partial charge in [0.1, 0.15) is 0 Å². The molecule has 1 fully saturated rings. The van der Waals surface area contributed by atoms with E-state index in [-0.39, 0.29) is 5.91 Å². The zero-order valence-electron chi connectivity index (χ0n) is 13.0. The van der Waals surface area contributed by atoms with Crippen LogP contribution < -0.4 is 5.32 Å². The van der Waals surface area contributed by atoms with E-state index in [1.54, 1.807) is 28.6 Å². The lowest BCUT2D eigenvalue weighted by Gasteiger charge is -2.25. The Hall–Kier alpha value is -1.40. The first-order valence-electron chi connectivity index (χ1n) is 7.94. The van der Waals surface area contributed by atoms with Gasteiger partial charge in [0.05, 0.1) is 4.90 Å². The van der Waals surface area contributed by atoms with Crippen molar-refractivity contribution in [2.45, 2.75) is 50.3 Å². The Morgan fingerprint density at radius 3 is 2.36 bits per heavy atom. The molecule has 0 atom stereocenters. The van der Waals surface area contributed by atoms with Crippen molar-refractivity contribution in [2.75, 3.05) is 18.4 Å². The summed E-state index contributed by atoms with van der Waals surface area (Å²) in [4.78, 5) is 12.0. The molecule has 0 radical (unpaired) electrons. The monoisotopic (exact) mass is 324 g/mol. The molecule has 1 aromatic carbocycles. The van der Waals surface area contributed by atoms with Crippen LogP contribution in [0.1, 0.15) is 45.4 Å². The van der Waals surface area contributed by atoms with Crippen LogP contribution in [0.5, 0.6) is 0 Å². The molecule has 1 aromatic rings. The van der Waals surface area contributed by atoms with Crippen LogP contribution in [-0.2, 0) is 14.8 Å². The topological polar surface area (TPSA) is 66.5 Å². The van der Waals surface area contributed by atoms with Crippen molar-refractivity contribution in [3.05, 3.63) is 24.3 Å². The first-order valence-corrected chi connectivity index (χ1v) is 9.38. The van der Waals surface area contributed by atoms with Crippen molar-refractivity contribution < 1.29 is 13.2 Å². The van der Waals surface area contributed by atoms with Crippen molar-refractivity contribution in [1.82, 2.24) is 4.31 Å². The van der Waals surface area contributed by atoms with Gasteiger partial charge in [-0.1, -0.05) is 19.8 Å². The minimum atomic E-state index is -3.40. The molecule has 0 aliphatic carbocycles. The van der Waals surface area contributed by atoms with Gasteiger partial charge in [0, 0.05) is 25.2 Å². The minimum absolute atomic E-state index is 0.0338. The zero-order valence-corrected chi connectivity index (χ0v) is 13.9. The van der Waals surface area contributed by atoms with Crippen LogP contribution >= 0.6 is 0 Å².